The third-order valence-corrected chi connectivity index (χ3v) is 3.48. The van der Waals surface area contributed by atoms with E-state index < -0.39 is 0 Å². The highest BCUT2D eigenvalue weighted by molar-refractivity contribution is 6.31. The second-order valence-corrected chi connectivity index (χ2v) is 5.20. The van der Waals surface area contributed by atoms with Gasteiger partial charge < -0.3 is 10.6 Å². The Hall–Kier alpha value is -1.22. The highest BCUT2D eigenvalue weighted by atomic mass is 35.5. The van der Waals surface area contributed by atoms with Gasteiger partial charge in [0, 0.05) is 29.4 Å². The van der Waals surface area contributed by atoms with Crippen LogP contribution >= 0.6 is 11.6 Å². The third kappa shape index (κ3) is 2.72. The summed E-state index contributed by atoms with van der Waals surface area (Å²) in [6.07, 6.45) is 2.46. The maximum Gasteiger partial charge on any atom is 0.124 e. The first-order valence-electron chi connectivity index (χ1n) is 5.97. The molecule has 2 rings (SSSR count). The highest BCUT2D eigenvalue weighted by Gasteiger charge is 2.19. The van der Waals surface area contributed by atoms with Gasteiger partial charge in [-0.1, -0.05) is 18.5 Å². The molecule has 3 N–H and O–H groups in total. The molecular formula is C13H18ClN3. The van der Waals surface area contributed by atoms with E-state index in [2.05, 4.69) is 11.8 Å². The lowest BCUT2D eigenvalue weighted by molar-refractivity contribution is 0.447. The summed E-state index contributed by atoms with van der Waals surface area (Å²) in [6, 6.07) is 5.53. The predicted octanol–water partition coefficient (Wildman–Crippen LogP) is 2.86. The Kier molecular flexibility index (Phi) is 3.57. The molecule has 1 atom stereocenters. The molecule has 17 heavy (non-hydrogen) atoms. The van der Waals surface area contributed by atoms with Crippen molar-refractivity contribution >= 4 is 23.1 Å². The first-order valence-corrected chi connectivity index (χ1v) is 6.34. The smallest absolute Gasteiger partial charge is 0.124 e. The van der Waals surface area contributed by atoms with Crippen LogP contribution in [0.25, 0.3) is 0 Å². The number of hydrogen-bond acceptors (Lipinski definition) is 2. The highest BCUT2D eigenvalue weighted by Crippen LogP contribution is 2.28. The molecule has 1 fully saturated rings. The number of nitrogens with one attached hydrogen (secondary N) is 1. The van der Waals surface area contributed by atoms with Crippen molar-refractivity contribution in [2.75, 3.05) is 18.0 Å². The topological polar surface area (TPSA) is 53.1 Å². The molecule has 1 saturated heterocycles. The molecule has 0 bridgehead atoms. The molecule has 0 amide bonds. The van der Waals surface area contributed by atoms with E-state index in [9.17, 15) is 0 Å². The van der Waals surface area contributed by atoms with Crippen molar-refractivity contribution in [3.63, 3.8) is 0 Å². The van der Waals surface area contributed by atoms with Crippen LogP contribution in [0, 0.1) is 11.3 Å². The van der Waals surface area contributed by atoms with Crippen molar-refractivity contribution < 1.29 is 0 Å². The van der Waals surface area contributed by atoms with E-state index in [1.807, 2.05) is 12.1 Å². The lowest BCUT2D eigenvalue weighted by atomic mass is 9.98. The molecule has 0 spiro atoms. The Labute approximate surface area is 107 Å². The van der Waals surface area contributed by atoms with Crippen LogP contribution < -0.4 is 10.6 Å². The standard InChI is InChI=1S/C13H18ClN3/c1-9-3-2-6-17(8-9)12-7-10(14)4-5-11(12)13(15)16/h4-5,7,9H,2-3,6,8H2,1H3,(H3,15,16). The third-order valence-electron chi connectivity index (χ3n) is 3.25. The molecule has 1 aliphatic heterocycles. The lowest BCUT2D eigenvalue weighted by Crippen LogP contribution is -2.35. The zero-order chi connectivity index (χ0) is 12.4. The van der Waals surface area contributed by atoms with Crippen LogP contribution in [0.5, 0.6) is 0 Å². The Balaban J connectivity index is 2.35. The van der Waals surface area contributed by atoms with Crippen molar-refractivity contribution in [1.29, 1.82) is 5.41 Å². The van der Waals surface area contributed by atoms with Gasteiger partial charge in [0.05, 0.1) is 0 Å². The zero-order valence-electron chi connectivity index (χ0n) is 10.0. The van der Waals surface area contributed by atoms with Crippen LogP contribution in [-0.4, -0.2) is 18.9 Å². The molecule has 3 nitrogen and oxygen atoms in total. The molecule has 92 valence electrons. The number of halogens is 1. The number of anilines is 1. The van der Waals surface area contributed by atoms with E-state index in [0.29, 0.717) is 10.9 Å². The van der Waals surface area contributed by atoms with Gasteiger partial charge in [-0.3, -0.25) is 5.41 Å². The molecule has 0 aliphatic carbocycles. The first-order chi connectivity index (χ1) is 8.08. The van der Waals surface area contributed by atoms with Gasteiger partial charge in [-0.25, -0.2) is 0 Å². The fourth-order valence-electron chi connectivity index (χ4n) is 2.40. The van der Waals surface area contributed by atoms with Crippen LogP contribution in [0.1, 0.15) is 25.3 Å². The minimum Gasteiger partial charge on any atom is -0.384 e. The van der Waals surface area contributed by atoms with E-state index >= 15 is 0 Å². The number of nitrogens with zero attached hydrogens (tertiary/aromatic N) is 1. The second-order valence-electron chi connectivity index (χ2n) is 4.77. The molecule has 4 heteroatoms. The minimum absolute atomic E-state index is 0.106. The summed E-state index contributed by atoms with van der Waals surface area (Å²) < 4.78 is 0. The van der Waals surface area contributed by atoms with E-state index in [1.165, 1.54) is 12.8 Å². The number of hydrogen-bond donors (Lipinski definition) is 2. The predicted molar refractivity (Wildman–Crippen MR) is 73.1 cm³/mol. The van der Waals surface area contributed by atoms with Crippen LogP contribution in [0.4, 0.5) is 5.69 Å². The molecule has 1 aliphatic rings. The van der Waals surface area contributed by atoms with Crippen molar-refractivity contribution in [2.24, 2.45) is 11.7 Å². The number of rotatable bonds is 2. The van der Waals surface area contributed by atoms with Gasteiger partial charge in [-0.15, -0.1) is 0 Å². The molecule has 0 aromatic heterocycles. The van der Waals surface area contributed by atoms with Crippen LogP contribution in [0.15, 0.2) is 18.2 Å². The van der Waals surface area contributed by atoms with E-state index in [1.54, 1.807) is 6.07 Å². The second kappa shape index (κ2) is 4.96. The number of nitrogens with two attached hydrogens (primary N) is 1. The fraction of sp³-hybridized carbons (Fsp3) is 0.462. The fourth-order valence-corrected chi connectivity index (χ4v) is 2.57. The number of nitrogen functional groups attached to an aromatic ring is 1. The maximum absolute atomic E-state index is 7.62. The molecule has 1 unspecified atom stereocenters. The number of piperidine rings is 1. The van der Waals surface area contributed by atoms with Crippen molar-refractivity contribution in [1.82, 2.24) is 0 Å². The Morgan fingerprint density at radius 3 is 2.94 bits per heavy atom. The average molecular weight is 252 g/mol. The zero-order valence-corrected chi connectivity index (χ0v) is 10.8. The minimum atomic E-state index is 0.106. The molecule has 1 aromatic rings. The summed E-state index contributed by atoms with van der Waals surface area (Å²) in [7, 11) is 0. The van der Waals surface area contributed by atoms with Gasteiger partial charge in [-0.2, -0.15) is 0 Å². The van der Waals surface area contributed by atoms with Gasteiger partial charge >= 0.3 is 0 Å². The number of amidine groups is 1. The van der Waals surface area contributed by atoms with E-state index in [-0.39, 0.29) is 5.84 Å². The Morgan fingerprint density at radius 1 is 1.53 bits per heavy atom. The lowest BCUT2D eigenvalue weighted by Gasteiger charge is -2.34. The molecule has 1 aromatic carbocycles. The van der Waals surface area contributed by atoms with Gasteiger partial charge in [0.1, 0.15) is 5.84 Å². The van der Waals surface area contributed by atoms with Crippen LogP contribution in [0.3, 0.4) is 0 Å². The summed E-state index contributed by atoms with van der Waals surface area (Å²) in [6.45, 7) is 4.29. The summed E-state index contributed by atoms with van der Waals surface area (Å²) in [5, 5.41) is 8.32. The molecular weight excluding hydrogens is 234 g/mol. The summed E-state index contributed by atoms with van der Waals surface area (Å²) in [5.41, 5.74) is 7.40. The van der Waals surface area contributed by atoms with Crippen molar-refractivity contribution in [2.45, 2.75) is 19.8 Å². The molecule has 0 saturated carbocycles. The van der Waals surface area contributed by atoms with Crippen molar-refractivity contribution in [3.05, 3.63) is 28.8 Å². The van der Waals surface area contributed by atoms with E-state index in [4.69, 9.17) is 22.7 Å². The summed E-state index contributed by atoms with van der Waals surface area (Å²) in [5.74, 6) is 0.789. The quantitative estimate of drug-likeness (QED) is 0.627. The Morgan fingerprint density at radius 2 is 2.29 bits per heavy atom. The number of benzene rings is 1. The molecule has 0 radical (unpaired) electrons. The van der Waals surface area contributed by atoms with Gasteiger partial charge in [0.25, 0.3) is 0 Å². The monoisotopic (exact) mass is 251 g/mol. The van der Waals surface area contributed by atoms with Gasteiger partial charge in [-0.05, 0) is 37.0 Å². The molecule has 1 heterocycles. The van der Waals surface area contributed by atoms with Crippen LogP contribution in [0.2, 0.25) is 5.02 Å². The van der Waals surface area contributed by atoms with Gasteiger partial charge in [0.2, 0.25) is 0 Å². The summed E-state index contributed by atoms with van der Waals surface area (Å²) >= 11 is 6.04. The van der Waals surface area contributed by atoms with Crippen molar-refractivity contribution in [3.8, 4) is 0 Å². The largest absolute Gasteiger partial charge is 0.384 e. The first kappa shape index (κ1) is 12.2. The average Bonchev–Trinajstić information content (AvgIpc) is 2.28. The Bertz CT molecular complexity index is 431. The maximum atomic E-state index is 7.62. The SMILES string of the molecule is CC1CCCN(c2cc(Cl)ccc2C(=N)N)C1. The summed E-state index contributed by atoms with van der Waals surface area (Å²) in [4.78, 5) is 2.29. The van der Waals surface area contributed by atoms with Gasteiger partial charge in [0.15, 0.2) is 0 Å². The van der Waals surface area contributed by atoms with Crippen LogP contribution in [-0.2, 0) is 0 Å². The normalized spacial score (nSPS) is 20.4. The van der Waals surface area contributed by atoms with E-state index in [0.717, 1.165) is 24.3 Å².